The molecule has 1 aliphatic rings. The molecule has 0 saturated carbocycles. The van der Waals surface area contributed by atoms with Crippen molar-refractivity contribution in [3.05, 3.63) is 53.2 Å². The van der Waals surface area contributed by atoms with Gasteiger partial charge in [-0.05, 0) is 25.0 Å². The standard InChI is InChI=1S/C18H22N2O3/c1-5-8-20-17(22)15(14-7-6-12(2)11-13(14)3)16(18(20)23)19(4)9-10-21/h5-7,11,21H,1,8-10H2,2-4H3. The maximum atomic E-state index is 12.8. The Morgan fingerprint density at radius 2 is 1.96 bits per heavy atom. The quantitative estimate of drug-likeness (QED) is 0.638. The number of carbonyl (C=O) groups is 2. The molecule has 0 aromatic heterocycles. The summed E-state index contributed by atoms with van der Waals surface area (Å²) in [5.74, 6) is -0.664. The molecule has 0 spiro atoms. The van der Waals surface area contributed by atoms with Crippen LogP contribution in [0.15, 0.2) is 36.6 Å². The molecule has 0 bridgehead atoms. The monoisotopic (exact) mass is 314 g/mol. The van der Waals surface area contributed by atoms with Gasteiger partial charge in [0.2, 0.25) is 0 Å². The highest BCUT2D eigenvalue weighted by molar-refractivity contribution is 6.35. The van der Waals surface area contributed by atoms with Gasteiger partial charge in [0.1, 0.15) is 5.70 Å². The summed E-state index contributed by atoms with van der Waals surface area (Å²) in [6, 6.07) is 5.78. The number of amides is 2. The number of carbonyl (C=O) groups excluding carboxylic acids is 2. The molecule has 1 heterocycles. The van der Waals surface area contributed by atoms with Crippen LogP contribution in [0.2, 0.25) is 0 Å². The summed E-state index contributed by atoms with van der Waals surface area (Å²) in [4.78, 5) is 28.3. The number of hydrogen-bond donors (Lipinski definition) is 1. The molecule has 1 aromatic carbocycles. The summed E-state index contributed by atoms with van der Waals surface area (Å²) < 4.78 is 0. The van der Waals surface area contributed by atoms with E-state index >= 15 is 0 Å². The Morgan fingerprint density at radius 3 is 2.52 bits per heavy atom. The van der Waals surface area contributed by atoms with E-state index in [1.807, 2.05) is 32.0 Å². The van der Waals surface area contributed by atoms with Crippen molar-refractivity contribution in [2.45, 2.75) is 13.8 Å². The molecule has 5 heteroatoms. The SMILES string of the molecule is C=CCN1C(=O)C(c2ccc(C)cc2C)=C(N(C)CCO)C1=O. The minimum atomic E-state index is -0.346. The second kappa shape index (κ2) is 6.79. The van der Waals surface area contributed by atoms with Gasteiger partial charge in [0.15, 0.2) is 0 Å². The first kappa shape index (κ1) is 17.0. The zero-order valence-corrected chi connectivity index (χ0v) is 13.8. The number of hydrogen-bond acceptors (Lipinski definition) is 4. The van der Waals surface area contributed by atoms with Crippen molar-refractivity contribution in [2.75, 3.05) is 26.7 Å². The number of imide groups is 1. The topological polar surface area (TPSA) is 60.9 Å². The number of aliphatic hydroxyl groups excluding tert-OH is 1. The van der Waals surface area contributed by atoms with Gasteiger partial charge >= 0.3 is 0 Å². The van der Waals surface area contributed by atoms with Gasteiger partial charge in [0.05, 0.1) is 12.2 Å². The van der Waals surface area contributed by atoms with Crippen LogP contribution < -0.4 is 0 Å². The Kier molecular flexibility index (Phi) is 5.01. The van der Waals surface area contributed by atoms with Crippen LogP contribution in [0.1, 0.15) is 16.7 Å². The number of benzene rings is 1. The van der Waals surface area contributed by atoms with Crippen LogP contribution in [0.3, 0.4) is 0 Å². The minimum Gasteiger partial charge on any atom is -0.395 e. The molecule has 2 rings (SSSR count). The van der Waals surface area contributed by atoms with Crippen molar-refractivity contribution in [1.82, 2.24) is 9.80 Å². The average molecular weight is 314 g/mol. The molecule has 5 nitrogen and oxygen atoms in total. The van der Waals surface area contributed by atoms with E-state index in [9.17, 15) is 14.7 Å². The highest BCUT2D eigenvalue weighted by Crippen LogP contribution is 2.32. The van der Waals surface area contributed by atoms with Crippen molar-refractivity contribution in [1.29, 1.82) is 0 Å². The third-order valence-corrected chi connectivity index (χ3v) is 3.92. The molecular formula is C18H22N2O3. The lowest BCUT2D eigenvalue weighted by molar-refractivity contribution is -0.136. The fourth-order valence-corrected chi connectivity index (χ4v) is 2.81. The van der Waals surface area contributed by atoms with Crippen molar-refractivity contribution in [2.24, 2.45) is 0 Å². The first-order chi connectivity index (χ1) is 10.9. The largest absolute Gasteiger partial charge is 0.395 e. The van der Waals surface area contributed by atoms with Crippen molar-refractivity contribution < 1.29 is 14.7 Å². The number of nitrogens with zero attached hydrogens (tertiary/aromatic N) is 2. The van der Waals surface area contributed by atoms with E-state index in [2.05, 4.69) is 6.58 Å². The molecule has 1 aliphatic heterocycles. The van der Waals surface area contributed by atoms with E-state index in [1.165, 1.54) is 11.0 Å². The van der Waals surface area contributed by atoms with Crippen LogP contribution in [0.5, 0.6) is 0 Å². The highest BCUT2D eigenvalue weighted by atomic mass is 16.3. The van der Waals surface area contributed by atoms with Crippen LogP contribution >= 0.6 is 0 Å². The molecule has 0 fully saturated rings. The molecule has 1 aromatic rings. The zero-order valence-electron chi connectivity index (χ0n) is 13.8. The molecule has 122 valence electrons. The number of aliphatic hydroxyl groups is 1. The number of rotatable bonds is 6. The summed E-state index contributed by atoms with van der Waals surface area (Å²) in [6.45, 7) is 7.87. The lowest BCUT2D eigenvalue weighted by Crippen LogP contribution is -2.34. The Balaban J connectivity index is 2.62. The van der Waals surface area contributed by atoms with E-state index in [-0.39, 0.29) is 31.5 Å². The van der Waals surface area contributed by atoms with E-state index < -0.39 is 0 Å². The maximum Gasteiger partial charge on any atom is 0.278 e. The van der Waals surface area contributed by atoms with Gasteiger partial charge in [0, 0.05) is 20.1 Å². The zero-order chi connectivity index (χ0) is 17.1. The van der Waals surface area contributed by atoms with Crippen LogP contribution in [0, 0.1) is 13.8 Å². The Labute approximate surface area is 136 Å². The third kappa shape index (κ3) is 3.05. The minimum absolute atomic E-state index is 0.0942. The first-order valence-corrected chi connectivity index (χ1v) is 7.53. The third-order valence-electron chi connectivity index (χ3n) is 3.92. The van der Waals surface area contributed by atoms with Crippen LogP contribution in [0.25, 0.3) is 5.57 Å². The van der Waals surface area contributed by atoms with Crippen LogP contribution in [-0.2, 0) is 9.59 Å². The van der Waals surface area contributed by atoms with Gasteiger partial charge in [-0.15, -0.1) is 6.58 Å². The normalized spacial score (nSPS) is 14.7. The second-order valence-electron chi connectivity index (χ2n) is 5.70. The van der Waals surface area contributed by atoms with Crippen LogP contribution in [-0.4, -0.2) is 53.5 Å². The lowest BCUT2D eigenvalue weighted by Gasteiger charge is -2.20. The predicted octanol–water partition coefficient (Wildman–Crippen LogP) is 1.49. The molecule has 0 radical (unpaired) electrons. The predicted molar refractivity (Wildman–Crippen MR) is 89.5 cm³/mol. The molecule has 0 atom stereocenters. The van der Waals surface area contributed by atoms with Gasteiger partial charge < -0.3 is 10.0 Å². The van der Waals surface area contributed by atoms with Gasteiger partial charge in [-0.1, -0.05) is 29.8 Å². The van der Waals surface area contributed by atoms with Crippen molar-refractivity contribution >= 4 is 17.4 Å². The fourth-order valence-electron chi connectivity index (χ4n) is 2.81. The van der Waals surface area contributed by atoms with Gasteiger partial charge in [0.25, 0.3) is 11.8 Å². The van der Waals surface area contributed by atoms with Gasteiger partial charge in [-0.25, -0.2) is 0 Å². The summed E-state index contributed by atoms with van der Waals surface area (Å²) in [7, 11) is 1.71. The van der Waals surface area contributed by atoms with Crippen molar-refractivity contribution in [3.63, 3.8) is 0 Å². The average Bonchev–Trinajstić information content (AvgIpc) is 2.73. The molecule has 23 heavy (non-hydrogen) atoms. The molecule has 0 aliphatic carbocycles. The maximum absolute atomic E-state index is 12.8. The van der Waals surface area contributed by atoms with Gasteiger partial charge in [-0.2, -0.15) is 0 Å². The summed E-state index contributed by atoms with van der Waals surface area (Å²) in [5, 5.41) is 9.18. The second-order valence-corrected chi connectivity index (χ2v) is 5.70. The van der Waals surface area contributed by atoms with Crippen LogP contribution in [0.4, 0.5) is 0 Å². The summed E-state index contributed by atoms with van der Waals surface area (Å²) >= 11 is 0. The molecule has 0 unspecified atom stereocenters. The van der Waals surface area contributed by atoms with E-state index in [0.717, 1.165) is 16.7 Å². The Hall–Kier alpha value is -2.40. The number of aryl methyl sites for hydroxylation is 2. The van der Waals surface area contributed by atoms with E-state index in [4.69, 9.17) is 0 Å². The van der Waals surface area contributed by atoms with Gasteiger partial charge in [-0.3, -0.25) is 14.5 Å². The molecule has 0 saturated heterocycles. The fraction of sp³-hybridized carbons (Fsp3) is 0.333. The molecular weight excluding hydrogens is 292 g/mol. The Bertz CT molecular complexity index is 692. The number of likely N-dealkylation sites (N-methyl/N-ethyl adjacent to an activating group) is 1. The van der Waals surface area contributed by atoms with E-state index in [1.54, 1.807) is 11.9 Å². The highest BCUT2D eigenvalue weighted by Gasteiger charge is 2.40. The van der Waals surface area contributed by atoms with E-state index in [0.29, 0.717) is 11.3 Å². The first-order valence-electron chi connectivity index (χ1n) is 7.53. The molecule has 2 amide bonds. The summed E-state index contributed by atoms with van der Waals surface area (Å²) in [6.07, 6.45) is 1.53. The smallest absolute Gasteiger partial charge is 0.278 e. The Morgan fingerprint density at radius 1 is 1.26 bits per heavy atom. The van der Waals surface area contributed by atoms with Crippen molar-refractivity contribution in [3.8, 4) is 0 Å². The lowest BCUT2D eigenvalue weighted by atomic mass is 9.97. The molecule has 1 N–H and O–H groups in total. The summed E-state index contributed by atoms with van der Waals surface area (Å²) in [5.41, 5.74) is 3.51.